The van der Waals surface area contributed by atoms with Gasteiger partial charge in [-0.1, -0.05) is 50.1 Å². The van der Waals surface area contributed by atoms with Gasteiger partial charge >= 0.3 is 6.03 Å². The minimum absolute atomic E-state index is 0.0708. The fraction of sp³-hybridized carbons (Fsp3) is 0.400. The van der Waals surface area contributed by atoms with Crippen molar-refractivity contribution in [3.8, 4) is 0 Å². The number of urea groups is 1. The molecule has 26 heavy (non-hydrogen) atoms. The topological polar surface area (TPSA) is 80.4 Å². The number of rotatable bonds is 6. The summed E-state index contributed by atoms with van der Waals surface area (Å²) >= 11 is 0. The standard InChI is InChI=1S/C20H26N4O2/c1-2-3-10-16(22-20(21)26)19(25)24-14-13-23-12-7-11-17(23)18(24)15-8-5-4-6-9-15/h4-9,11-12,16,18H,2-3,10,13-14H2,1H3,(H3,21,22,26). The number of nitrogens with two attached hydrogens (primary N) is 1. The van der Waals surface area contributed by atoms with Crippen LogP contribution in [-0.4, -0.2) is 34.0 Å². The summed E-state index contributed by atoms with van der Waals surface area (Å²) in [5.74, 6) is -0.0708. The van der Waals surface area contributed by atoms with Crippen molar-refractivity contribution in [3.63, 3.8) is 0 Å². The predicted molar refractivity (Wildman–Crippen MR) is 100 cm³/mol. The average Bonchev–Trinajstić information content (AvgIpc) is 3.13. The van der Waals surface area contributed by atoms with E-state index in [4.69, 9.17) is 5.73 Å². The van der Waals surface area contributed by atoms with Crippen molar-refractivity contribution in [2.75, 3.05) is 6.54 Å². The Bertz CT molecular complexity index is 756. The molecule has 3 N–H and O–H groups in total. The van der Waals surface area contributed by atoms with Gasteiger partial charge in [-0.3, -0.25) is 4.79 Å². The predicted octanol–water partition coefficient (Wildman–Crippen LogP) is 2.65. The molecule has 3 rings (SSSR count). The number of aromatic nitrogens is 1. The summed E-state index contributed by atoms with van der Waals surface area (Å²) in [7, 11) is 0. The molecule has 6 heteroatoms. The van der Waals surface area contributed by atoms with Gasteiger partial charge in [0.05, 0.1) is 6.04 Å². The van der Waals surface area contributed by atoms with Crippen LogP contribution in [0.15, 0.2) is 48.7 Å². The second-order valence-electron chi connectivity index (χ2n) is 6.67. The molecule has 138 valence electrons. The van der Waals surface area contributed by atoms with Crippen LogP contribution in [0.1, 0.15) is 43.5 Å². The van der Waals surface area contributed by atoms with Crippen LogP contribution in [0.3, 0.4) is 0 Å². The Morgan fingerprint density at radius 3 is 2.65 bits per heavy atom. The van der Waals surface area contributed by atoms with Gasteiger partial charge in [-0.2, -0.15) is 0 Å². The largest absolute Gasteiger partial charge is 0.352 e. The van der Waals surface area contributed by atoms with E-state index in [1.54, 1.807) is 0 Å². The highest BCUT2D eigenvalue weighted by Crippen LogP contribution is 2.33. The molecule has 0 saturated heterocycles. The Balaban J connectivity index is 1.93. The Morgan fingerprint density at radius 2 is 1.96 bits per heavy atom. The molecular weight excluding hydrogens is 328 g/mol. The number of carbonyl (C=O) groups excluding carboxylic acids is 2. The zero-order valence-electron chi connectivity index (χ0n) is 15.1. The number of carbonyl (C=O) groups is 2. The Hall–Kier alpha value is -2.76. The lowest BCUT2D eigenvalue weighted by atomic mass is 9.98. The molecule has 0 saturated carbocycles. The third kappa shape index (κ3) is 3.74. The molecule has 2 heterocycles. The van der Waals surface area contributed by atoms with E-state index < -0.39 is 12.1 Å². The van der Waals surface area contributed by atoms with Crippen LogP contribution >= 0.6 is 0 Å². The fourth-order valence-corrected chi connectivity index (χ4v) is 3.64. The molecule has 1 aromatic carbocycles. The highest BCUT2D eigenvalue weighted by atomic mass is 16.2. The van der Waals surface area contributed by atoms with Gasteiger partial charge < -0.3 is 20.5 Å². The van der Waals surface area contributed by atoms with Crippen molar-refractivity contribution in [1.29, 1.82) is 0 Å². The van der Waals surface area contributed by atoms with Gasteiger partial charge in [-0.15, -0.1) is 0 Å². The zero-order valence-corrected chi connectivity index (χ0v) is 15.1. The van der Waals surface area contributed by atoms with E-state index in [0.717, 1.165) is 30.6 Å². The molecule has 0 radical (unpaired) electrons. The van der Waals surface area contributed by atoms with Crippen molar-refractivity contribution in [2.45, 2.75) is 44.8 Å². The molecule has 2 unspecified atom stereocenters. The lowest BCUT2D eigenvalue weighted by Gasteiger charge is -2.39. The zero-order chi connectivity index (χ0) is 18.5. The first-order chi connectivity index (χ1) is 12.6. The van der Waals surface area contributed by atoms with Crippen molar-refractivity contribution in [1.82, 2.24) is 14.8 Å². The van der Waals surface area contributed by atoms with E-state index in [1.165, 1.54) is 0 Å². The van der Waals surface area contributed by atoms with Crippen LogP contribution in [0, 0.1) is 0 Å². The molecular formula is C20H26N4O2. The highest BCUT2D eigenvalue weighted by Gasteiger charge is 2.35. The lowest BCUT2D eigenvalue weighted by Crippen LogP contribution is -2.53. The maximum atomic E-state index is 13.3. The summed E-state index contributed by atoms with van der Waals surface area (Å²) in [5.41, 5.74) is 7.46. The molecule has 0 spiro atoms. The van der Waals surface area contributed by atoms with Gasteiger partial charge in [-0.05, 0) is 24.1 Å². The number of hydrogen-bond acceptors (Lipinski definition) is 2. The minimum Gasteiger partial charge on any atom is -0.352 e. The number of benzene rings is 1. The summed E-state index contributed by atoms with van der Waals surface area (Å²) in [6, 6.07) is 12.7. The number of hydrogen-bond donors (Lipinski definition) is 2. The van der Waals surface area contributed by atoms with Crippen molar-refractivity contribution < 1.29 is 9.59 Å². The molecule has 0 bridgehead atoms. The summed E-state index contributed by atoms with van der Waals surface area (Å²) < 4.78 is 2.18. The first-order valence-electron chi connectivity index (χ1n) is 9.18. The molecule has 0 aliphatic carbocycles. The first kappa shape index (κ1) is 18.0. The van der Waals surface area contributed by atoms with E-state index in [1.807, 2.05) is 47.5 Å². The molecule has 1 aliphatic heterocycles. The van der Waals surface area contributed by atoms with E-state index >= 15 is 0 Å². The molecule has 2 aromatic rings. The third-order valence-corrected chi connectivity index (χ3v) is 4.90. The van der Waals surface area contributed by atoms with E-state index in [0.29, 0.717) is 13.0 Å². The highest BCUT2D eigenvalue weighted by molar-refractivity contribution is 5.87. The molecule has 1 aliphatic rings. The van der Waals surface area contributed by atoms with Crippen LogP contribution in [0.4, 0.5) is 4.79 Å². The fourth-order valence-electron chi connectivity index (χ4n) is 3.64. The number of nitrogens with zero attached hydrogens (tertiary/aromatic N) is 2. The first-order valence-corrected chi connectivity index (χ1v) is 9.18. The molecule has 6 nitrogen and oxygen atoms in total. The molecule has 1 aromatic heterocycles. The van der Waals surface area contributed by atoms with Gasteiger partial charge in [0.2, 0.25) is 5.91 Å². The molecule has 2 atom stereocenters. The molecule has 3 amide bonds. The van der Waals surface area contributed by atoms with Crippen molar-refractivity contribution in [2.24, 2.45) is 5.73 Å². The minimum atomic E-state index is -0.656. The number of amides is 3. The number of nitrogens with one attached hydrogen (secondary N) is 1. The van der Waals surface area contributed by atoms with Gasteiger partial charge in [0, 0.05) is 25.0 Å². The monoisotopic (exact) mass is 354 g/mol. The van der Waals surface area contributed by atoms with E-state index in [-0.39, 0.29) is 11.9 Å². The second kappa shape index (κ2) is 8.08. The van der Waals surface area contributed by atoms with Gasteiger partial charge in [-0.25, -0.2) is 4.79 Å². The molecule has 0 fully saturated rings. The van der Waals surface area contributed by atoms with Crippen LogP contribution in [0.2, 0.25) is 0 Å². The van der Waals surface area contributed by atoms with Crippen molar-refractivity contribution >= 4 is 11.9 Å². The van der Waals surface area contributed by atoms with Crippen LogP contribution in [0.25, 0.3) is 0 Å². The van der Waals surface area contributed by atoms with Crippen molar-refractivity contribution in [3.05, 3.63) is 59.9 Å². The maximum Gasteiger partial charge on any atom is 0.312 e. The summed E-state index contributed by atoms with van der Waals surface area (Å²) in [6.07, 6.45) is 4.45. The van der Waals surface area contributed by atoms with Gasteiger partial charge in [0.25, 0.3) is 0 Å². The Kier molecular flexibility index (Phi) is 5.61. The SMILES string of the molecule is CCCCC(NC(N)=O)C(=O)N1CCn2cccc2C1c1ccccc1. The summed E-state index contributed by atoms with van der Waals surface area (Å²) in [5, 5.41) is 2.64. The quantitative estimate of drug-likeness (QED) is 0.836. The van der Waals surface area contributed by atoms with Crippen LogP contribution in [0.5, 0.6) is 0 Å². The maximum absolute atomic E-state index is 13.3. The van der Waals surface area contributed by atoms with E-state index in [9.17, 15) is 9.59 Å². The normalized spacial score (nSPS) is 17.4. The smallest absolute Gasteiger partial charge is 0.312 e. The number of primary amides is 1. The van der Waals surface area contributed by atoms with Crippen LogP contribution in [-0.2, 0) is 11.3 Å². The Labute approximate surface area is 154 Å². The van der Waals surface area contributed by atoms with Gasteiger partial charge in [0.1, 0.15) is 6.04 Å². The summed E-state index contributed by atoms with van der Waals surface area (Å²) in [4.78, 5) is 26.6. The second-order valence-corrected chi connectivity index (χ2v) is 6.67. The van der Waals surface area contributed by atoms with E-state index in [2.05, 4.69) is 22.9 Å². The lowest BCUT2D eigenvalue weighted by molar-refractivity contribution is -0.136. The van der Waals surface area contributed by atoms with Crippen LogP contribution < -0.4 is 11.1 Å². The summed E-state index contributed by atoms with van der Waals surface area (Å²) in [6.45, 7) is 3.41. The third-order valence-electron chi connectivity index (χ3n) is 4.90. The average molecular weight is 354 g/mol. The van der Waals surface area contributed by atoms with Gasteiger partial charge in [0.15, 0.2) is 0 Å². The number of fused-ring (bicyclic) bond motifs is 1. The number of unbranched alkanes of at least 4 members (excludes halogenated alkanes) is 1. The Morgan fingerprint density at radius 1 is 1.19 bits per heavy atom.